The minimum absolute atomic E-state index is 0.140. The minimum Gasteiger partial charge on any atom is -0.307 e. The predicted octanol–water partition coefficient (Wildman–Crippen LogP) is 4.13. The summed E-state index contributed by atoms with van der Waals surface area (Å²) in [6.07, 6.45) is 3.64. The Balaban J connectivity index is 2.23. The summed E-state index contributed by atoms with van der Waals surface area (Å²) < 4.78 is 0.926. The van der Waals surface area contributed by atoms with Crippen LogP contribution in [0.15, 0.2) is 45.9 Å². The van der Waals surface area contributed by atoms with Gasteiger partial charge in [0.15, 0.2) is 0 Å². The number of carbonyl (C=O) groups is 1. The summed E-state index contributed by atoms with van der Waals surface area (Å²) in [5.41, 5.74) is 1.70. The average molecular weight is 337 g/mol. The molecule has 0 radical (unpaired) electrons. The Kier molecular flexibility index (Phi) is 4.61. The molecule has 2 aromatic rings. The van der Waals surface area contributed by atoms with Crippen molar-refractivity contribution in [3.8, 4) is 0 Å². The van der Waals surface area contributed by atoms with Crippen LogP contribution in [-0.4, -0.2) is 17.1 Å². The third-order valence-electron chi connectivity index (χ3n) is 2.64. The van der Waals surface area contributed by atoms with E-state index in [1.807, 2.05) is 43.5 Å². The smallest absolute Gasteiger partial charge is 0.257 e. The Hall–Kier alpha value is -1.33. The number of halogens is 1. The van der Waals surface area contributed by atoms with E-state index in [1.54, 1.807) is 18.0 Å². The minimum atomic E-state index is -0.140. The highest BCUT2D eigenvalue weighted by Crippen LogP contribution is 2.22. The van der Waals surface area contributed by atoms with Crippen LogP contribution in [0.2, 0.25) is 0 Å². The van der Waals surface area contributed by atoms with E-state index in [9.17, 15) is 4.79 Å². The number of nitrogens with zero attached hydrogens (tertiary/aromatic N) is 1. The summed E-state index contributed by atoms with van der Waals surface area (Å²) in [5, 5.41) is 2.82. The molecule has 0 saturated heterocycles. The number of pyridine rings is 1. The van der Waals surface area contributed by atoms with Gasteiger partial charge in [0.25, 0.3) is 5.91 Å². The van der Waals surface area contributed by atoms with E-state index in [2.05, 4.69) is 26.2 Å². The molecule has 98 valence electrons. The molecule has 0 unspecified atom stereocenters. The van der Waals surface area contributed by atoms with Gasteiger partial charge in [-0.05, 0) is 52.9 Å². The van der Waals surface area contributed by atoms with Gasteiger partial charge in [-0.3, -0.25) is 4.79 Å². The summed E-state index contributed by atoms with van der Waals surface area (Å²) in [4.78, 5) is 17.3. The Morgan fingerprint density at radius 3 is 2.79 bits per heavy atom. The van der Waals surface area contributed by atoms with Crippen molar-refractivity contribution in [3.05, 3.63) is 52.1 Å². The summed E-state index contributed by atoms with van der Waals surface area (Å²) in [6.45, 7) is 1.96. The van der Waals surface area contributed by atoms with Crippen LogP contribution in [0.1, 0.15) is 15.9 Å². The molecule has 0 aliphatic rings. The van der Waals surface area contributed by atoms with Gasteiger partial charge in [0.05, 0.1) is 5.56 Å². The number of aromatic nitrogens is 1. The first-order valence-electron chi connectivity index (χ1n) is 5.68. The predicted molar refractivity (Wildman–Crippen MR) is 82.9 cm³/mol. The number of anilines is 1. The monoisotopic (exact) mass is 336 g/mol. The van der Waals surface area contributed by atoms with Gasteiger partial charge >= 0.3 is 0 Å². The molecule has 1 aromatic heterocycles. The number of benzene rings is 1. The zero-order valence-electron chi connectivity index (χ0n) is 10.6. The lowest BCUT2D eigenvalue weighted by Gasteiger charge is -2.08. The highest BCUT2D eigenvalue weighted by atomic mass is 79.9. The van der Waals surface area contributed by atoms with Gasteiger partial charge in [-0.25, -0.2) is 4.98 Å². The van der Waals surface area contributed by atoms with Crippen LogP contribution >= 0.6 is 27.7 Å². The van der Waals surface area contributed by atoms with Gasteiger partial charge in [0, 0.05) is 15.6 Å². The maximum absolute atomic E-state index is 12.2. The highest BCUT2D eigenvalue weighted by molar-refractivity contribution is 9.10. The van der Waals surface area contributed by atoms with E-state index in [0.717, 1.165) is 14.9 Å². The lowest BCUT2D eigenvalue weighted by molar-refractivity contribution is 0.102. The first-order chi connectivity index (χ1) is 9.11. The first-order valence-corrected chi connectivity index (χ1v) is 7.70. The molecule has 0 spiro atoms. The molecule has 0 aliphatic heterocycles. The molecule has 0 atom stereocenters. The third kappa shape index (κ3) is 3.36. The van der Waals surface area contributed by atoms with Crippen LogP contribution in [0.5, 0.6) is 0 Å². The second kappa shape index (κ2) is 6.21. The van der Waals surface area contributed by atoms with Gasteiger partial charge in [0.2, 0.25) is 0 Å². The largest absolute Gasteiger partial charge is 0.307 e. The summed E-state index contributed by atoms with van der Waals surface area (Å²) in [5.74, 6) is 0.417. The topological polar surface area (TPSA) is 42.0 Å². The lowest BCUT2D eigenvalue weighted by Crippen LogP contribution is -2.14. The summed E-state index contributed by atoms with van der Waals surface area (Å²) in [6, 6.07) is 9.36. The quantitative estimate of drug-likeness (QED) is 0.857. The molecule has 0 fully saturated rings. The second-order valence-electron chi connectivity index (χ2n) is 3.97. The van der Waals surface area contributed by atoms with Gasteiger partial charge in [-0.15, -0.1) is 11.8 Å². The van der Waals surface area contributed by atoms with E-state index in [-0.39, 0.29) is 5.91 Å². The van der Waals surface area contributed by atoms with Crippen LogP contribution in [0.4, 0.5) is 5.82 Å². The van der Waals surface area contributed by atoms with E-state index in [1.165, 1.54) is 0 Å². The zero-order chi connectivity index (χ0) is 13.8. The molecule has 3 nitrogen and oxygen atoms in total. The van der Waals surface area contributed by atoms with Crippen LogP contribution in [0, 0.1) is 6.92 Å². The van der Waals surface area contributed by atoms with Gasteiger partial charge in [-0.1, -0.05) is 12.1 Å². The molecule has 19 heavy (non-hydrogen) atoms. The molecule has 1 amide bonds. The van der Waals surface area contributed by atoms with Crippen molar-refractivity contribution in [3.63, 3.8) is 0 Å². The number of carbonyl (C=O) groups excluding carboxylic acids is 1. The van der Waals surface area contributed by atoms with Gasteiger partial charge in [-0.2, -0.15) is 0 Å². The average Bonchev–Trinajstić information content (AvgIpc) is 2.43. The van der Waals surface area contributed by atoms with Crippen molar-refractivity contribution in [2.75, 3.05) is 11.6 Å². The highest BCUT2D eigenvalue weighted by Gasteiger charge is 2.11. The van der Waals surface area contributed by atoms with E-state index in [0.29, 0.717) is 11.4 Å². The fraction of sp³-hybridized carbons (Fsp3) is 0.143. The van der Waals surface area contributed by atoms with Crippen molar-refractivity contribution in [2.24, 2.45) is 0 Å². The molecular formula is C14H13BrN2OS. The molecule has 5 heteroatoms. The molecular weight excluding hydrogens is 324 g/mol. The van der Waals surface area contributed by atoms with Crippen LogP contribution in [0.25, 0.3) is 0 Å². The molecule has 0 saturated carbocycles. The van der Waals surface area contributed by atoms with E-state index >= 15 is 0 Å². The zero-order valence-corrected chi connectivity index (χ0v) is 13.0. The fourth-order valence-electron chi connectivity index (χ4n) is 1.62. The van der Waals surface area contributed by atoms with Crippen molar-refractivity contribution in [1.29, 1.82) is 0 Å². The van der Waals surface area contributed by atoms with Crippen LogP contribution in [0.3, 0.4) is 0 Å². The fourth-order valence-corrected chi connectivity index (χ4v) is 2.44. The molecule has 1 heterocycles. The summed E-state index contributed by atoms with van der Waals surface area (Å²) >= 11 is 4.94. The van der Waals surface area contributed by atoms with Crippen molar-refractivity contribution >= 4 is 39.4 Å². The van der Waals surface area contributed by atoms with Crippen molar-refractivity contribution in [2.45, 2.75) is 11.8 Å². The molecule has 0 aliphatic carbocycles. The third-order valence-corrected chi connectivity index (χ3v) is 4.27. The number of hydrogen-bond acceptors (Lipinski definition) is 3. The van der Waals surface area contributed by atoms with Crippen LogP contribution < -0.4 is 5.32 Å². The Bertz CT molecular complexity index is 616. The SMILES string of the molecule is CSc1ccccc1C(=O)Nc1cc(C)c(Br)cn1. The number of nitrogens with one attached hydrogen (secondary N) is 1. The normalized spacial score (nSPS) is 10.3. The Morgan fingerprint density at radius 1 is 1.37 bits per heavy atom. The van der Waals surface area contributed by atoms with Gasteiger partial charge < -0.3 is 5.32 Å². The maximum atomic E-state index is 12.2. The van der Waals surface area contributed by atoms with Crippen molar-refractivity contribution < 1.29 is 4.79 Å². The molecule has 2 rings (SSSR count). The second-order valence-corrected chi connectivity index (χ2v) is 5.68. The van der Waals surface area contributed by atoms with Gasteiger partial charge in [0.1, 0.15) is 5.82 Å². The summed E-state index contributed by atoms with van der Waals surface area (Å²) in [7, 11) is 0. The molecule has 1 N–H and O–H groups in total. The van der Waals surface area contributed by atoms with Crippen LogP contribution in [-0.2, 0) is 0 Å². The lowest BCUT2D eigenvalue weighted by atomic mass is 10.2. The number of hydrogen-bond donors (Lipinski definition) is 1. The number of aryl methyl sites for hydroxylation is 1. The first kappa shape index (κ1) is 14.1. The number of rotatable bonds is 3. The molecule has 1 aromatic carbocycles. The molecule has 0 bridgehead atoms. The Morgan fingerprint density at radius 2 is 2.11 bits per heavy atom. The standard InChI is InChI=1S/C14H13BrN2OS/c1-9-7-13(16-8-11(9)15)17-14(18)10-5-3-4-6-12(10)19-2/h3-8H,1-2H3,(H,16,17,18). The van der Waals surface area contributed by atoms with Crippen molar-refractivity contribution in [1.82, 2.24) is 4.98 Å². The van der Waals surface area contributed by atoms with E-state index in [4.69, 9.17) is 0 Å². The number of amides is 1. The Labute approximate surface area is 125 Å². The number of thioether (sulfide) groups is 1. The van der Waals surface area contributed by atoms with E-state index < -0.39 is 0 Å². The maximum Gasteiger partial charge on any atom is 0.257 e.